The summed E-state index contributed by atoms with van der Waals surface area (Å²) < 4.78 is 0. The van der Waals surface area contributed by atoms with Crippen molar-refractivity contribution in [2.75, 3.05) is 0 Å². The summed E-state index contributed by atoms with van der Waals surface area (Å²) in [6.07, 6.45) is 12.5. The van der Waals surface area contributed by atoms with Crippen LogP contribution in [0.5, 0.6) is 0 Å². The largest absolute Gasteiger partial charge is 0.350 e. The third-order valence-electron chi connectivity index (χ3n) is 3.45. The lowest BCUT2D eigenvalue weighted by Crippen LogP contribution is -2.22. The number of rotatable bonds is 11. The summed E-state index contributed by atoms with van der Waals surface area (Å²) in [5.74, 6) is 0.140. The maximum absolute atomic E-state index is 11.7. The first-order valence-electron chi connectivity index (χ1n) is 7.99. The van der Waals surface area contributed by atoms with Crippen LogP contribution in [-0.2, 0) is 11.3 Å². The minimum atomic E-state index is 0.140. The van der Waals surface area contributed by atoms with Gasteiger partial charge in [0.05, 0.1) is 12.2 Å². The summed E-state index contributed by atoms with van der Waals surface area (Å²) in [6, 6.07) is 5.75. The van der Waals surface area contributed by atoms with Crippen LogP contribution in [0.3, 0.4) is 0 Å². The van der Waals surface area contributed by atoms with Gasteiger partial charge in [-0.05, 0) is 18.6 Å². The molecule has 1 N–H and O–H groups in total. The maximum atomic E-state index is 11.7. The molecule has 1 heterocycles. The molecule has 1 rings (SSSR count). The number of carbonyl (C=O) groups excluding carboxylic acids is 1. The van der Waals surface area contributed by atoms with Crippen molar-refractivity contribution in [3.05, 3.63) is 30.1 Å². The van der Waals surface area contributed by atoms with Gasteiger partial charge < -0.3 is 5.32 Å². The highest BCUT2D eigenvalue weighted by molar-refractivity contribution is 5.75. The van der Waals surface area contributed by atoms with Gasteiger partial charge in [-0.15, -0.1) is 0 Å². The maximum Gasteiger partial charge on any atom is 0.220 e. The van der Waals surface area contributed by atoms with Crippen LogP contribution in [-0.4, -0.2) is 10.9 Å². The molecule has 1 aromatic rings. The number of pyridine rings is 1. The molecule has 0 spiro atoms. The van der Waals surface area contributed by atoms with Crippen LogP contribution in [0.2, 0.25) is 0 Å². The lowest BCUT2D eigenvalue weighted by atomic mass is 10.1. The summed E-state index contributed by atoms with van der Waals surface area (Å²) in [5, 5.41) is 2.92. The minimum absolute atomic E-state index is 0.140. The molecule has 0 radical (unpaired) electrons. The third kappa shape index (κ3) is 8.68. The van der Waals surface area contributed by atoms with Gasteiger partial charge in [0.25, 0.3) is 0 Å². The van der Waals surface area contributed by atoms with Gasteiger partial charge in [0.2, 0.25) is 5.91 Å². The van der Waals surface area contributed by atoms with Crippen molar-refractivity contribution in [2.24, 2.45) is 0 Å². The molecule has 0 aromatic carbocycles. The Bertz CT molecular complexity index is 351. The van der Waals surface area contributed by atoms with Gasteiger partial charge in [-0.1, -0.05) is 57.9 Å². The van der Waals surface area contributed by atoms with Gasteiger partial charge in [0.15, 0.2) is 0 Å². The molecule has 0 bridgehead atoms. The highest BCUT2D eigenvalue weighted by atomic mass is 16.1. The Labute approximate surface area is 123 Å². The van der Waals surface area contributed by atoms with Gasteiger partial charge in [-0.3, -0.25) is 9.78 Å². The molecule has 0 aliphatic rings. The minimum Gasteiger partial charge on any atom is -0.350 e. The van der Waals surface area contributed by atoms with Crippen molar-refractivity contribution in [1.29, 1.82) is 0 Å². The summed E-state index contributed by atoms with van der Waals surface area (Å²) in [4.78, 5) is 15.8. The highest BCUT2D eigenvalue weighted by Gasteiger charge is 2.01. The average Bonchev–Trinajstić information content (AvgIpc) is 2.49. The average molecular weight is 276 g/mol. The van der Waals surface area contributed by atoms with E-state index in [1.165, 1.54) is 44.9 Å². The van der Waals surface area contributed by atoms with Crippen molar-refractivity contribution >= 4 is 5.91 Å². The molecule has 112 valence electrons. The Hall–Kier alpha value is -1.38. The van der Waals surface area contributed by atoms with Crippen LogP contribution >= 0.6 is 0 Å². The molecule has 0 unspecified atom stereocenters. The van der Waals surface area contributed by atoms with E-state index in [1.807, 2.05) is 18.2 Å². The number of nitrogens with zero attached hydrogens (tertiary/aromatic N) is 1. The molecule has 0 aliphatic heterocycles. The number of amides is 1. The van der Waals surface area contributed by atoms with Crippen LogP contribution in [0.1, 0.15) is 70.4 Å². The normalized spacial score (nSPS) is 10.4. The first-order valence-corrected chi connectivity index (χ1v) is 7.99. The number of hydrogen-bond donors (Lipinski definition) is 1. The van der Waals surface area contributed by atoms with Gasteiger partial charge in [0.1, 0.15) is 0 Å². The Morgan fingerprint density at radius 3 is 2.40 bits per heavy atom. The second-order valence-corrected chi connectivity index (χ2v) is 5.32. The van der Waals surface area contributed by atoms with Crippen LogP contribution in [0.15, 0.2) is 24.4 Å². The molecular weight excluding hydrogens is 248 g/mol. The van der Waals surface area contributed by atoms with E-state index in [0.29, 0.717) is 13.0 Å². The van der Waals surface area contributed by atoms with Crippen molar-refractivity contribution in [1.82, 2.24) is 10.3 Å². The zero-order valence-electron chi connectivity index (χ0n) is 12.7. The first-order chi connectivity index (χ1) is 9.83. The zero-order valence-corrected chi connectivity index (χ0v) is 12.7. The molecule has 0 saturated heterocycles. The van der Waals surface area contributed by atoms with E-state index in [1.54, 1.807) is 6.20 Å². The number of aromatic nitrogens is 1. The summed E-state index contributed by atoms with van der Waals surface area (Å²) >= 11 is 0. The Balaban J connectivity index is 1.93. The Kier molecular flexibility index (Phi) is 9.54. The van der Waals surface area contributed by atoms with E-state index >= 15 is 0 Å². The van der Waals surface area contributed by atoms with E-state index in [2.05, 4.69) is 17.2 Å². The fourth-order valence-corrected chi connectivity index (χ4v) is 2.20. The van der Waals surface area contributed by atoms with Crippen LogP contribution in [0.4, 0.5) is 0 Å². The smallest absolute Gasteiger partial charge is 0.220 e. The van der Waals surface area contributed by atoms with Gasteiger partial charge >= 0.3 is 0 Å². The number of hydrogen-bond acceptors (Lipinski definition) is 2. The number of nitrogens with one attached hydrogen (secondary N) is 1. The van der Waals surface area contributed by atoms with Gasteiger partial charge in [-0.25, -0.2) is 0 Å². The SMILES string of the molecule is CCCCCCCCCCC(=O)NCc1ccccn1. The van der Waals surface area contributed by atoms with Gasteiger partial charge in [0, 0.05) is 12.6 Å². The number of carbonyl (C=O) groups is 1. The predicted octanol–water partition coefficient (Wildman–Crippen LogP) is 4.23. The van der Waals surface area contributed by atoms with Crippen molar-refractivity contribution in [3.8, 4) is 0 Å². The van der Waals surface area contributed by atoms with Crippen LogP contribution in [0.25, 0.3) is 0 Å². The summed E-state index contributed by atoms with van der Waals surface area (Å²) in [6.45, 7) is 2.78. The van der Waals surface area contributed by atoms with E-state index in [4.69, 9.17) is 0 Å². The molecule has 3 heteroatoms. The van der Waals surface area contributed by atoms with Gasteiger partial charge in [-0.2, -0.15) is 0 Å². The van der Waals surface area contributed by atoms with Crippen molar-refractivity contribution in [3.63, 3.8) is 0 Å². The van der Waals surface area contributed by atoms with E-state index in [0.717, 1.165) is 12.1 Å². The van der Waals surface area contributed by atoms with Crippen LogP contribution < -0.4 is 5.32 Å². The predicted molar refractivity (Wildman–Crippen MR) is 83.3 cm³/mol. The Morgan fingerprint density at radius 1 is 1.05 bits per heavy atom. The molecule has 0 fully saturated rings. The van der Waals surface area contributed by atoms with Crippen molar-refractivity contribution in [2.45, 2.75) is 71.3 Å². The molecule has 1 aromatic heterocycles. The Morgan fingerprint density at radius 2 is 1.75 bits per heavy atom. The topological polar surface area (TPSA) is 42.0 Å². The van der Waals surface area contributed by atoms with E-state index < -0.39 is 0 Å². The van der Waals surface area contributed by atoms with E-state index in [-0.39, 0.29) is 5.91 Å². The van der Waals surface area contributed by atoms with Crippen molar-refractivity contribution < 1.29 is 4.79 Å². The standard InChI is InChI=1S/C17H28N2O/c1-2-3-4-5-6-7-8-9-13-17(20)19-15-16-12-10-11-14-18-16/h10-12,14H,2-9,13,15H2,1H3,(H,19,20). The van der Waals surface area contributed by atoms with Crippen LogP contribution in [0, 0.1) is 0 Å². The lowest BCUT2D eigenvalue weighted by Gasteiger charge is -2.05. The number of unbranched alkanes of at least 4 members (excludes halogenated alkanes) is 7. The quantitative estimate of drug-likeness (QED) is 0.615. The second kappa shape index (κ2) is 11.4. The van der Waals surface area contributed by atoms with E-state index in [9.17, 15) is 4.79 Å². The third-order valence-corrected chi connectivity index (χ3v) is 3.45. The molecular formula is C17H28N2O. The molecule has 20 heavy (non-hydrogen) atoms. The molecule has 0 atom stereocenters. The fraction of sp³-hybridized carbons (Fsp3) is 0.647. The molecule has 3 nitrogen and oxygen atoms in total. The fourth-order valence-electron chi connectivity index (χ4n) is 2.20. The molecule has 0 saturated carbocycles. The highest BCUT2D eigenvalue weighted by Crippen LogP contribution is 2.09. The summed E-state index contributed by atoms with van der Waals surface area (Å²) in [5.41, 5.74) is 0.914. The summed E-state index contributed by atoms with van der Waals surface area (Å²) in [7, 11) is 0. The second-order valence-electron chi connectivity index (χ2n) is 5.32. The monoisotopic (exact) mass is 276 g/mol. The lowest BCUT2D eigenvalue weighted by molar-refractivity contribution is -0.121. The molecule has 0 aliphatic carbocycles. The zero-order chi connectivity index (χ0) is 14.5. The molecule has 1 amide bonds. The first kappa shape index (κ1) is 16.7.